The van der Waals surface area contributed by atoms with Crippen LogP contribution in [0.15, 0.2) is 51.9 Å². The molecule has 15 heteroatoms. The molecule has 15 nitrogen and oxygen atoms in total. The number of hydrogen-bond donors (Lipinski definition) is 8. The van der Waals surface area contributed by atoms with Gasteiger partial charge in [0.25, 0.3) is 0 Å². The molecule has 1 aromatic heterocycles. The summed E-state index contributed by atoms with van der Waals surface area (Å²) >= 11 is 0. The van der Waals surface area contributed by atoms with Crippen LogP contribution in [0, 0.1) is 0 Å². The Balaban J connectivity index is 1.37. The third kappa shape index (κ3) is 5.92. The molecule has 2 aliphatic rings. The summed E-state index contributed by atoms with van der Waals surface area (Å²) in [4.78, 5) is 13.4. The van der Waals surface area contributed by atoms with Gasteiger partial charge in [0, 0.05) is 6.07 Å². The topological polar surface area (TPSA) is 238 Å². The van der Waals surface area contributed by atoms with Gasteiger partial charge in [0.2, 0.25) is 18.0 Å². The van der Waals surface area contributed by atoms with Gasteiger partial charge in [-0.15, -0.1) is 0 Å². The molecule has 2 saturated heterocycles. The zero-order chi connectivity index (χ0) is 31.0. The van der Waals surface area contributed by atoms with Crippen molar-refractivity contribution in [3.8, 4) is 28.4 Å². The Bertz CT molecular complexity index is 1460. The zero-order valence-corrected chi connectivity index (χ0v) is 22.7. The molecule has 0 amide bonds. The first-order chi connectivity index (χ1) is 20.6. The minimum atomic E-state index is -1.67. The Hall–Kier alpha value is -3.35. The first kappa shape index (κ1) is 31.1. The maximum absolute atomic E-state index is 13.4. The van der Waals surface area contributed by atoms with Gasteiger partial charge in [-0.2, -0.15) is 0 Å². The smallest absolute Gasteiger partial charge is 0.229 e. The van der Waals surface area contributed by atoms with Crippen LogP contribution in [0.3, 0.4) is 0 Å². The third-order valence-corrected chi connectivity index (χ3v) is 7.42. The number of hydrogen-bond acceptors (Lipinski definition) is 15. The minimum absolute atomic E-state index is 0.00933. The van der Waals surface area contributed by atoms with Gasteiger partial charge in [-0.25, -0.2) is 0 Å². The summed E-state index contributed by atoms with van der Waals surface area (Å²) in [7, 11) is 1.32. The molecule has 10 unspecified atom stereocenters. The number of fused-ring (bicyclic) bond motifs is 1. The molecule has 8 N–H and O–H groups in total. The van der Waals surface area contributed by atoms with Crippen molar-refractivity contribution in [2.24, 2.45) is 0 Å². The van der Waals surface area contributed by atoms with E-state index in [1.165, 1.54) is 37.6 Å². The van der Waals surface area contributed by atoms with Crippen molar-refractivity contribution in [3.05, 3.63) is 52.9 Å². The van der Waals surface area contributed by atoms with Crippen molar-refractivity contribution in [2.75, 3.05) is 20.3 Å². The Labute approximate surface area is 243 Å². The average Bonchev–Trinajstić information content (AvgIpc) is 3.02. The molecule has 3 heterocycles. The van der Waals surface area contributed by atoms with E-state index in [9.17, 15) is 45.6 Å². The van der Waals surface area contributed by atoms with Crippen LogP contribution in [-0.4, -0.2) is 123 Å². The standard InChI is InChI=1S/C28H32O15/c1-38-16-6-13-15(7-17(16)41-28-26(37)24(35)22(33)19(9-30)43-28)39-10-14(20(13)31)11-2-4-12(5-3-11)40-27-25(36)23(34)21(32)18(8-29)42-27/h2-7,10,18-19,21-30,32-37H,8-9H2,1H3. The van der Waals surface area contributed by atoms with E-state index in [-0.39, 0.29) is 33.8 Å². The molecule has 0 radical (unpaired) electrons. The molecule has 0 aliphatic carbocycles. The molecule has 234 valence electrons. The van der Waals surface area contributed by atoms with Gasteiger partial charge in [-0.05, 0) is 23.8 Å². The van der Waals surface area contributed by atoms with E-state index in [1.54, 1.807) is 12.1 Å². The lowest BCUT2D eigenvalue weighted by Gasteiger charge is -2.39. The predicted molar refractivity (Wildman–Crippen MR) is 143 cm³/mol. The van der Waals surface area contributed by atoms with Crippen LogP contribution in [-0.2, 0) is 9.47 Å². The van der Waals surface area contributed by atoms with E-state index in [0.717, 1.165) is 0 Å². The maximum Gasteiger partial charge on any atom is 0.229 e. The van der Waals surface area contributed by atoms with Crippen LogP contribution in [0.4, 0.5) is 0 Å². The van der Waals surface area contributed by atoms with Gasteiger partial charge >= 0.3 is 0 Å². The van der Waals surface area contributed by atoms with E-state index >= 15 is 0 Å². The molecule has 43 heavy (non-hydrogen) atoms. The molecular formula is C28H32O15. The summed E-state index contributed by atoms with van der Waals surface area (Å²) in [5, 5.41) is 79.4. The lowest BCUT2D eigenvalue weighted by Crippen LogP contribution is -2.60. The number of rotatable bonds is 8. The van der Waals surface area contributed by atoms with Gasteiger partial charge in [0.05, 0.1) is 31.3 Å². The number of methoxy groups -OCH3 is 1. The van der Waals surface area contributed by atoms with E-state index in [2.05, 4.69) is 0 Å². The second-order valence-corrected chi connectivity index (χ2v) is 10.1. The van der Waals surface area contributed by atoms with Crippen LogP contribution in [0.25, 0.3) is 22.1 Å². The van der Waals surface area contributed by atoms with Gasteiger partial charge < -0.3 is 69.0 Å². The van der Waals surface area contributed by atoms with Crippen molar-refractivity contribution in [3.63, 3.8) is 0 Å². The summed E-state index contributed by atoms with van der Waals surface area (Å²) in [5.41, 5.74) is 0.284. The highest BCUT2D eigenvalue weighted by Crippen LogP contribution is 2.35. The van der Waals surface area contributed by atoms with E-state index < -0.39 is 80.1 Å². The number of aliphatic hydroxyl groups excluding tert-OH is 8. The first-order valence-electron chi connectivity index (χ1n) is 13.3. The van der Waals surface area contributed by atoms with Crippen LogP contribution in [0.1, 0.15) is 0 Å². The number of ether oxygens (including phenoxy) is 5. The van der Waals surface area contributed by atoms with Gasteiger partial charge in [-0.1, -0.05) is 12.1 Å². The second kappa shape index (κ2) is 12.7. The zero-order valence-electron chi connectivity index (χ0n) is 22.7. The normalized spacial score (nSPS) is 32.9. The van der Waals surface area contributed by atoms with E-state index in [1.807, 2.05) is 0 Å². The van der Waals surface area contributed by atoms with Crippen LogP contribution in [0.5, 0.6) is 17.2 Å². The van der Waals surface area contributed by atoms with Crippen molar-refractivity contribution in [1.82, 2.24) is 0 Å². The second-order valence-electron chi connectivity index (χ2n) is 10.1. The summed E-state index contributed by atoms with van der Waals surface area (Å²) in [5.74, 6) is 0.261. The van der Waals surface area contributed by atoms with Crippen molar-refractivity contribution in [2.45, 2.75) is 61.4 Å². The summed E-state index contributed by atoms with van der Waals surface area (Å²) < 4.78 is 33.1. The molecule has 0 saturated carbocycles. The predicted octanol–water partition coefficient (Wildman–Crippen LogP) is -2.17. The highest BCUT2D eigenvalue weighted by atomic mass is 16.7. The first-order valence-corrected chi connectivity index (χ1v) is 13.3. The fourth-order valence-electron chi connectivity index (χ4n) is 4.89. The van der Waals surface area contributed by atoms with Crippen LogP contribution >= 0.6 is 0 Å². The van der Waals surface area contributed by atoms with E-state index in [4.69, 9.17) is 28.1 Å². The minimum Gasteiger partial charge on any atom is -0.493 e. The molecule has 5 rings (SSSR count). The maximum atomic E-state index is 13.4. The van der Waals surface area contributed by atoms with Crippen molar-refractivity contribution >= 4 is 11.0 Å². The molecular weight excluding hydrogens is 576 g/mol. The monoisotopic (exact) mass is 608 g/mol. The summed E-state index contributed by atoms with van der Waals surface area (Å²) in [6.45, 7) is -1.24. The Morgan fingerprint density at radius 2 is 1.28 bits per heavy atom. The highest BCUT2D eigenvalue weighted by Gasteiger charge is 2.46. The number of aliphatic hydroxyl groups is 8. The molecule has 10 atom stereocenters. The fraction of sp³-hybridized carbons (Fsp3) is 0.464. The molecule has 0 spiro atoms. The van der Waals surface area contributed by atoms with Crippen molar-refractivity contribution < 1.29 is 69.0 Å². The molecule has 2 fully saturated rings. The lowest BCUT2D eigenvalue weighted by atomic mass is 9.99. The fourth-order valence-corrected chi connectivity index (χ4v) is 4.89. The van der Waals surface area contributed by atoms with Gasteiger partial charge in [-0.3, -0.25) is 4.79 Å². The Morgan fingerprint density at radius 1 is 0.721 bits per heavy atom. The largest absolute Gasteiger partial charge is 0.493 e. The number of benzene rings is 2. The van der Waals surface area contributed by atoms with Crippen molar-refractivity contribution in [1.29, 1.82) is 0 Å². The lowest BCUT2D eigenvalue weighted by molar-refractivity contribution is -0.277. The van der Waals surface area contributed by atoms with Crippen LogP contribution in [0.2, 0.25) is 0 Å². The summed E-state index contributed by atoms with van der Waals surface area (Å²) in [6.07, 6.45) is -13.6. The Kier molecular flexibility index (Phi) is 9.19. The Morgan fingerprint density at radius 3 is 1.81 bits per heavy atom. The quantitative estimate of drug-likeness (QED) is 0.136. The third-order valence-electron chi connectivity index (χ3n) is 7.42. The molecule has 2 aliphatic heterocycles. The molecule has 0 bridgehead atoms. The van der Waals surface area contributed by atoms with Gasteiger partial charge in [0.1, 0.15) is 66.4 Å². The molecule has 2 aromatic carbocycles. The van der Waals surface area contributed by atoms with Gasteiger partial charge in [0.15, 0.2) is 11.5 Å². The van der Waals surface area contributed by atoms with E-state index in [0.29, 0.717) is 5.56 Å². The average molecular weight is 609 g/mol. The summed E-state index contributed by atoms with van der Waals surface area (Å²) in [6, 6.07) is 8.76. The van der Waals surface area contributed by atoms with Crippen LogP contribution < -0.4 is 19.6 Å². The molecule has 3 aromatic rings. The SMILES string of the molecule is COc1cc2c(=O)c(-c3ccc(OC4OC(CO)C(O)C(O)C4O)cc3)coc2cc1OC1OC(CO)C(O)C(O)C1O. The highest BCUT2D eigenvalue weighted by molar-refractivity contribution is 5.84.